The van der Waals surface area contributed by atoms with Crippen LogP contribution >= 0.6 is 0 Å². The molecule has 0 spiro atoms. The number of aliphatic hydroxyl groups excluding tert-OH is 1. The number of nitrogens with one attached hydrogen (secondary N) is 1. The Morgan fingerprint density at radius 2 is 2.33 bits per heavy atom. The summed E-state index contributed by atoms with van der Waals surface area (Å²) in [7, 11) is 0. The molecule has 1 aromatic carbocycles. The molecule has 0 saturated carbocycles. The van der Waals surface area contributed by atoms with Crippen molar-refractivity contribution < 1.29 is 5.11 Å². The number of hydrogen-bond donors (Lipinski definition) is 2. The first-order valence-corrected chi connectivity index (χ1v) is 5.55. The smallest absolute Gasteiger partial charge is 0.347 e. The van der Waals surface area contributed by atoms with Crippen molar-refractivity contribution in [3.63, 3.8) is 0 Å². The highest BCUT2D eigenvalue weighted by Crippen LogP contribution is 2.12. The van der Waals surface area contributed by atoms with Crippen LogP contribution in [-0.2, 0) is 0 Å². The topological polar surface area (TPSA) is 70.9 Å². The van der Waals surface area contributed by atoms with E-state index in [0.717, 1.165) is 11.1 Å². The van der Waals surface area contributed by atoms with Crippen LogP contribution in [0.4, 0.5) is 0 Å². The fraction of sp³-hybridized carbons (Fsp3) is 0.231. The zero-order valence-corrected chi connectivity index (χ0v) is 9.97. The van der Waals surface area contributed by atoms with Crippen LogP contribution < -0.4 is 5.69 Å². The number of aromatic amines is 1. The molecule has 1 aromatic heterocycles. The third-order valence-corrected chi connectivity index (χ3v) is 2.51. The molecule has 0 bridgehead atoms. The van der Waals surface area contributed by atoms with E-state index in [0.29, 0.717) is 12.1 Å². The molecule has 0 unspecified atom stereocenters. The van der Waals surface area contributed by atoms with Crippen molar-refractivity contribution in [3.8, 4) is 17.5 Å². The third kappa shape index (κ3) is 2.50. The van der Waals surface area contributed by atoms with E-state index < -0.39 is 0 Å². The lowest BCUT2D eigenvalue weighted by Gasteiger charge is -2.03. The molecule has 0 aliphatic heterocycles. The molecule has 2 rings (SSSR count). The van der Waals surface area contributed by atoms with E-state index in [1.807, 2.05) is 25.1 Å². The number of hydrogen-bond acceptors (Lipinski definition) is 3. The first-order chi connectivity index (χ1) is 8.72. The zero-order valence-electron chi connectivity index (χ0n) is 9.97. The summed E-state index contributed by atoms with van der Waals surface area (Å²) in [6.45, 7) is 2.00. The average molecular weight is 243 g/mol. The van der Waals surface area contributed by atoms with Crippen LogP contribution in [0.2, 0.25) is 0 Å². The largest absolute Gasteiger partial charge is 0.395 e. The Bertz CT molecular complexity index is 659. The highest BCUT2D eigenvalue weighted by Gasteiger charge is 2.03. The van der Waals surface area contributed by atoms with Gasteiger partial charge < -0.3 is 5.11 Å². The minimum Gasteiger partial charge on any atom is -0.395 e. The minimum absolute atomic E-state index is 0.0485. The number of aliphatic hydroxyl groups is 1. The Kier molecular flexibility index (Phi) is 3.60. The second-order valence-corrected chi connectivity index (χ2v) is 3.81. The van der Waals surface area contributed by atoms with E-state index in [-0.39, 0.29) is 12.3 Å². The number of rotatable bonds is 2. The summed E-state index contributed by atoms with van der Waals surface area (Å²) in [4.78, 5) is 11.5. The van der Waals surface area contributed by atoms with Crippen molar-refractivity contribution in [2.24, 2.45) is 0 Å². The summed E-state index contributed by atoms with van der Waals surface area (Å²) in [6, 6.07) is 5.57. The van der Waals surface area contributed by atoms with Crippen LogP contribution in [-0.4, -0.2) is 26.5 Å². The van der Waals surface area contributed by atoms with Gasteiger partial charge in [-0.3, -0.25) is 0 Å². The number of nitrogens with zero attached hydrogens (tertiary/aromatic N) is 2. The van der Waals surface area contributed by atoms with Crippen molar-refractivity contribution in [2.45, 2.75) is 13.3 Å². The number of aryl methyl sites for hydroxylation is 1. The van der Waals surface area contributed by atoms with Gasteiger partial charge in [-0.1, -0.05) is 17.9 Å². The Balaban J connectivity index is 2.42. The molecule has 0 saturated heterocycles. The molecule has 0 atom stereocenters. The van der Waals surface area contributed by atoms with E-state index in [1.54, 1.807) is 0 Å². The second kappa shape index (κ2) is 5.34. The van der Waals surface area contributed by atoms with Crippen LogP contribution in [0.1, 0.15) is 17.5 Å². The Labute approximate surface area is 104 Å². The van der Waals surface area contributed by atoms with Crippen molar-refractivity contribution in [2.75, 3.05) is 6.61 Å². The first kappa shape index (κ1) is 12.1. The lowest BCUT2D eigenvalue weighted by atomic mass is 10.1. The Morgan fingerprint density at radius 3 is 3.00 bits per heavy atom. The monoisotopic (exact) mass is 243 g/mol. The van der Waals surface area contributed by atoms with Gasteiger partial charge in [-0.05, 0) is 24.6 Å². The second-order valence-electron chi connectivity index (χ2n) is 3.81. The SMILES string of the molecule is Cc1ccc(-n2cn[nH]c2=O)cc1C#CCCO. The van der Waals surface area contributed by atoms with E-state index in [9.17, 15) is 4.79 Å². The molecule has 0 radical (unpaired) electrons. The zero-order chi connectivity index (χ0) is 13.0. The summed E-state index contributed by atoms with van der Waals surface area (Å²) in [6.07, 6.45) is 1.87. The summed E-state index contributed by atoms with van der Waals surface area (Å²) < 4.78 is 1.41. The van der Waals surface area contributed by atoms with Gasteiger partial charge in [-0.15, -0.1) is 0 Å². The van der Waals surface area contributed by atoms with Gasteiger partial charge in [0.2, 0.25) is 0 Å². The van der Waals surface area contributed by atoms with Crippen molar-refractivity contribution in [1.29, 1.82) is 0 Å². The van der Waals surface area contributed by atoms with Gasteiger partial charge in [0.25, 0.3) is 0 Å². The standard InChI is InChI=1S/C13H13N3O2/c1-10-5-6-12(16-9-14-15-13(16)18)8-11(10)4-2-3-7-17/h5-6,8-9,17H,3,7H2,1H3,(H,15,18). The lowest BCUT2D eigenvalue weighted by molar-refractivity contribution is 0.305. The maximum Gasteiger partial charge on any atom is 0.347 e. The van der Waals surface area contributed by atoms with E-state index in [4.69, 9.17) is 5.11 Å². The highest BCUT2D eigenvalue weighted by atomic mass is 16.2. The van der Waals surface area contributed by atoms with Gasteiger partial charge in [0, 0.05) is 12.0 Å². The summed E-state index contributed by atoms with van der Waals surface area (Å²) in [5.74, 6) is 5.85. The van der Waals surface area contributed by atoms with Gasteiger partial charge in [0.05, 0.1) is 12.3 Å². The van der Waals surface area contributed by atoms with E-state index in [2.05, 4.69) is 22.0 Å². The molecule has 0 amide bonds. The molecule has 5 heteroatoms. The van der Waals surface area contributed by atoms with E-state index >= 15 is 0 Å². The van der Waals surface area contributed by atoms with Crippen LogP contribution in [0.3, 0.4) is 0 Å². The molecule has 5 nitrogen and oxygen atoms in total. The quantitative estimate of drug-likeness (QED) is 0.759. The fourth-order valence-electron chi connectivity index (χ4n) is 1.54. The number of benzene rings is 1. The molecule has 2 aromatic rings. The Hall–Kier alpha value is -2.32. The van der Waals surface area contributed by atoms with Crippen molar-refractivity contribution in [1.82, 2.24) is 14.8 Å². The number of H-pyrrole nitrogens is 1. The molecule has 92 valence electrons. The molecular formula is C13H13N3O2. The van der Waals surface area contributed by atoms with Gasteiger partial charge >= 0.3 is 5.69 Å². The van der Waals surface area contributed by atoms with Gasteiger partial charge in [-0.25, -0.2) is 14.5 Å². The lowest BCUT2D eigenvalue weighted by Crippen LogP contribution is -2.14. The fourth-order valence-corrected chi connectivity index (χ4v) is 1.54. The molecule has 0 aliphatic rings. The maximum absolute atomic E-state index is 11.5. The number of aromatic nitrogens is 3. The average Bonchev–Trinajstić information content (AvgIpc) is 2.78. The summed E-state index contributed by atoms with van der Waals surface area (Å²) >= 11 is 0. The van der Waals surface area contributed by atoms with Crippen LogP contribution in [0.5, 0.6) is 0 Å². The summed E-state index contributed by atoms with van der Waals surface area (Å²) in [5, 5.41) is 14.7. The predicted molar refractivity (Wildman–Crippen MR) is 67.5 cm³/mol. The highest BCUT2D eigenvalue weighted by molar-refractivity contribution is 5.48. The van der Waals surface area contributed by atoms with Gasteiger partial charge in [0.1, 0.15) is 6.33 Å². The van der Waals surface area contributed by atoms with Crippen LogP contribution in [0.15, 0.2) is 29.3 Å². The Morgan fingerprint density at radius 1 is 1.50 bits per heavy atom. The first-order valence-electron chi connectivity index (χ1n) is 5.55. The minimum atomic E-state index is -0.284. The van der Waals surface area contributed by atoms with E-state index in [1.165, 1.54) is 10.9 Å². The molecule has 18 heavy (non-hydrogen) atoms. The third-order valence-electron chi connectivity index (χ3n) is 2.51. The molecular weight excluding hydrogens is 230 g/mol. The molecule has 2 N–H and O–H groups in total. The molecule has 0 fully saturated rings. The van der Waals surface area contributed by atoms with Crippen molar-refractivity contribution >= 4 is 0 Å². The van der Waals surface area contributed by atoms with Crippen LogP contribution in [0, 0.1) is 18.8 Å². The van der Waals surface area contributed by atoms with Gasteiger partial charge in [0.15, 0.2) is 0 Å². The molecule has 1 heterocycles. The molecule has 0 aliphatic carbocycles. The summed E-state index contributed by atoms with van der Waals surface area (Å²) in [5.41, 5.74) is 2.30. The maximum atomic E-state index is 11.5. The van der Waals surface area contributed by atoms with Crippen molar-refractivity contribution in [3.05, 3.63) is 46.1 Å². The van der Waals surface area contributed by atoms with Crippen LogP contribution in [0.25, 0.3) is 5.69 Å². The predicted octanol–water partition coefficient (Wildman–Crippen LogP) is 0.603. The normalized spacial score (nSPS) is 9.89. The van der Waals surface area contributed by atoms with Gasteiger partial charge in [-0.2, -0.15) is 5.10 Å².